The lowest BCUT2D eigenvalue weighted by Crippen LogP contribution is -2.08. The zero-order chi connectivity index (χ0) is 13.0. The van der Waals surface area contributed by atoms with Crippen LogP contribution in [-0.4, -0.2) is 11.1 Å². The molecule has 0 radical (unpaired) electrons. The zero-order valence-corrected chi connectivity index (χ0v) is 9.96. The maximum absolute atomic E-state index is 12.1. The van der Waals surface area contributed by atoms with Gasteiger partial charge in [0.25, 0.3) is 0 Å². The second-order valence-electron chi connectivity index (χ2n) is 4.67. The molecule has 0 amide bonds. The Kier molecular flexibility index (Phi) is 1.97. The monoisotopic (exact) mass is 250 g/mol. The largest absolute Gasteiger partial charge is 0.428 e. The summed E-state index contributed by atoms with van der Waals surface area (Å²) in [6.45, 7) is 0. The van der Waals surface area contributed by atoms with Gasteiger partial charge in [0.05, 0.1) is 5.56 Å². The van der Waals surface area contributed by atoms with Gasteiger partial charge in [0, 0.05) is 10.9 Å². The van der Waals surface area contributed by atoms with Gasteiger partial charge in [-0.25, -0.2) is 4.79 Å². The summed E-state index contributed by atoms with van der Waals surface area (Å²) in [5.41, 5.74) is 1.15. The Labute approximate surface area is 109 Å². The Morgan fingerprint density at radius 3 is 2.37 bits per heavy atom. The topological polar surface area (TPSA) is 46.5 Å². The fourth-order valence-electron chi connectivity index (χ4n) is 2.79. The van der Waals surface area contributed by atoms with Gasteiger partial charge in [-0.05, 0) is 22.2 Å². The number of benzene rings is 3. The summed E-state index contributed by atoms with van der Waals surface area (Å²) in [7, 11) is 0. The second kappa shape index (κ2) is 3.56. The number of aliphatic hydroxyl groups excluding tert-OH is 1. The molecule has 1 aliphatic heterocycles. The van der Waals surface area contributed by atoms with Gasteiger partial charge in [-0.3, -0.25) is 0 Å². The molecule has 3 aromatic carbocycles. The van der Waals surface area contributed by atoms with E-state index in [1.807, 2.05) is 36.4 Å². The van der Waals surface area contributed by atoms with E-state index in [2.05, 4.69) is 0 Å². The van der Waals surface area contributed by atoms with Gasteiger partial charge in [0.15, 0.2) is 0 Å². The molecular formula is C16H10O3. The summed E-state index contributed by atoms with van der Waals surface area (Å²) in [6.07, 6.45) is -1.21. The number of hydrogen-bond donors (Lipinski definition) is 1. The SMILES string of the molecule is O=C1OC(O)c2cccc3ccc4cccc1c4c23. The molecule has 0 saturated carbocycles. The molecule has 1 aliphatic rings. The Morgan fingerprint density at radius 2 is 1.58 bits per heavy atom. The summed E-state index contributed by atoms with van der Waals surface area (Å²) in [4.78, 5) is 12.1. The first kappa shape index (κ1) is 10.5. The molecular weight excluding hydrogens is 240 g/mol. The van der Waals surface area contributed by atoms with Crippen LogP contribution < -0.4 is 0 Å². The molecule has 0 fully saturated rings. The van der Waals surface area contributed by atoms with Gasteiger partial charge in [-0.15, -0.1) is 0 Å². The van der Waals surface area contributed by atoms with Crippen LogP contribution in [0.15, 0.2) is 48.5 Å². The molecule has 3 nitrogen and oxygen atoms in total. The molecule has 3 aromatic rings. The van der Waals surface area contributed by atoms with Crippen molar-refractivity contribution in [2.45, 2.75) is 6.29 Å². The molecule has 1 unspecified atom stereocenters. The number of carbonyl (C=O) groups is 1. The van der Waals surface area contributed by atoms with Gasteiger partial charge >= 0.3 is 5.97 Å². The van der Waals surface area contributed by atoms with E-state index in [1.165, 1.54) is 0 Å². The molecule has 0 spiro atoms. The minimum Gasteiger partial charge on any atom is -0.428 e. The molecule has 0 bridgehead atoms. The first-order chi connectivity index (χ1) is 9.25. The van der Waals surface area contributed by atoms with Crippen LogP contribution in [0.2, 0.25) is 0 Å². The number of hydrogen-bond acceptors (Lipinski definition) is 3. The first-order valence-corrected chi connectivity index (χ1v) is 6.09. The highest BCUT2D eigenvalue weighted by Gasteiger charge is 2.25. The van der Waals surface area contributed by atoms with Crippen LogP contribution in [0.5, 0.6) is 0 Å². The highest BCUT2D eigenvalue weighted by molar-refractivity contribution is 6.18. The molecule has 0 aliphatic carbocycles. The van der Waals surface area contributed by atoms with Crippen LogP contribution in [0.1, 0.15) is 22.2 Å². The average molecular weight is 250 g/mol. The molecule has 3 heteroatoms. The molecule has 0 saturated heterocycles. The van der Waals surface area contributed by atoms with E-state index in [4.69, 9.17) is 4.74 Å². The van der Waals surface area contributed by atoms with Crippen LogP contribution in [0, 0.1) is 0 Å². The van der Waals surface area contributed by atoms with Crippen molar-refractivity contribution < 1.29 is 14.6 Å². The van der Waals surface area contributed by atoms with E-state index >= 15 is 0 Å². The lowest BCUT2D eigenvalue weighted by Gasteiger charge is -2.11. The smallest absolute Gasteiger partial charge is 0.341 e. The summed E-state index contributed by atoms with van der Waals surface area (Å²) >= 11 is 0. The molecule has 1 heterocycles. The van der Waals surface area contributed by atoms with Crippen LogP contribution >= 0.6 is 0 Å². The van der Waals surface area contributed by atoms with Gasteiger partial charge in [-0.1, -0.05) is 42.5 Å². The van der Waals surface area contributed by atoms with Crippen molar-refractivity contribution in [2.24, 2.45) is 0 Å². The third kappa shape index (κ3) is 1.33. The number of cyclic esters (lactones) is 1. The normalized spacial score (nSPS) is 17.7. The Bertz CT molecular complexity index is 836. The van der Waals surface area contributed by atoms with E-state index in [9.17, 15) is 9.90 Å². The number of aliphatic hydroxyl groups is 1. The summed E-state index contributed by atoms with van der Waals surface area (Å²) in [5.74, 6) is -0.484. The van der Waals surface area contributed by atoms with E-state index in [0.29, 0.717) is 11.1 Å². The van der Waals surface area contributed by atoms with Gasteiger partial charge in [0.1, 0.15) is 0 Å². The first-order valence-electron chi connectivity index (χ1n) is 6.09. The lowest BCUT2D eigenvalue weighted by molar-refractivity contribution is -0.0656. The van der Waals surface area contributed by atoms with Crippen molar-refractivity contribution in [3.63, 3.8) is 0 Å². The van der Waals surface area contributed by atoms with Crippen LogP contribution in [-0.2, 0) is 4.74 Å². The maximum Gasteiger partial charge on any atom is 0.341 e. The van der Waals surface area contributed by atoms with Crippen molar-refractivity contribution in [1.29, 1.82) is 0 Å². The maximum atomic E-state index is 12.1. The van der Waals surface area contributed by atoms with Gasteiger partial charge in [0.2, 0.25) is 6.29 Å². The molecule has 19 heavy (non-hydrogen) atoms. The Morgan fingerprint density at radius 1 is 0.895 bits per heavy atom. The van der Waals surface area contributed by atoms with Crippen LogP contribution in [0.25, 0.3) is 21.5 Å². The van der Waals surface area contributed by atoms with Crippen molar-refractivity contribution in [3.8, 4) is 0 Å². The van der Waals surface area contributed by atoms with E-state index in [-0.39, 0.29) is 0 Å². The molecule has 92 valence electrons. The minimum atomic E-state index is -1.21. The van der Waals surface area contributed by atoms with E-state index in [1.54, 1.807) is 12.1 Å². The number of ether oxygens (including phenoxy) is 1. The Hall–Kier alpha value is -2.39. The summed E-state index contributed by atoms with van der Waals surface area (Å²) in [6, 6.07) is 15.1. The predicted molar refractivity (Wildman–Crippen MR) is 71.8 cm³/mol. The van der Waals surface area contributed by atoms with Crippen molar-refractivity contribution in [3.05, 3.63) is 59.7 Å². The molecule has 4 rings (SSSR count). The van der Waals surface area contributed by atoms with E-state index in [0.717, 1.165) is 21.5 Å². The van der Waals surface area contributed by atoms with Crippen molar-refractivity contribution in [1.82, 2.24) is 0 Å². The van der Waals surface area contributed by atoms with Crippen molar-refractivity contribution in [2.75, 3.05) is 0 Å². The number of carbonyl (C=O) groups excluding carboxylic acids is 1. The predicted octanol–water partition coefficient (Wildman–Crippen LogP) is 3.15. The zero-order valence-electron chi connectivity index (χ0n) is 9.96. The van der Waals surface area contributed by atoms with E-state index < -0.39 is 12.3 Å². The highest BCUT2D eigenvalue weighted by atomic mass is 16.6. The highest BCUT2D eigenvalue weighted by Crippen LogP contribution is 2.37. The quantitative estimate of drug-likeness (QED) is 0.492. The fourth-order valence-corrected chi connectivity index (χ4v) is 2.79. The minimum absolute atomic E-state index is 0.484. The standard InChI is InChI=1S/C16H10O3/c17-15-11-5-1-3-9-7-8-10-4-2-6-12(16(18)19-15)14(10)13(9)11/h1-8,15,17H. The number of rotatable bonds is 0. The second-order valence-corrected chi connectivity index (χ2v) is 4.67. The third-order valence-electron chi connectivity index (χ3n) is 3.62. The lowest BCUT2D eigenvalue weighted by atomic mass is 9.95. The number of esters is 1. The van der Waals surface area contributed by atoms with Crippen molar-refractivity contribution >= 4 is 27.5 Å². The Balaban J connectivity index is 2.35. The summed E-state index contributed by atoms with van der Waals surface area (Å²) < 4.78 is 5.09. The fraction of sp³-hybridized carbons (Fsp3) is 0.0625. The van der Waals surface area contributed by atoms with Crippen LogP contribution in [0.3, 0.4) is 0 Å². The molecule has 0 aromatic heterocycles. The van der Waals surface area contributed by atoms with Gasteiger partial charge in [-0.2, -0.15) is 0 Å². The van der Waals surface area contributed by atoms with Gasteiger partial charge < -0.3 is 9.84 Å². The van der Waals surface area contributed by atoms with Crippen LogP contribution in [0.4, 0.5) is 0 Å². The molecule has 1 N–H and O–H groups in total. The summed E-state index contributed by atoms with van der Waals surface area (Å²) in [5, 5.41) is 13.8. The third-order valence-corrected chi connectivity index (χ3v) is 3.62. The average Bonchev–Trinajstić information content (AvgIpc) is 2.55. The molecule has 1 atom stereocenters.